The number of thiophene rings is 1. The average Bonchev–Trinajstić information content (AvgIpc) is 3.72. The molecule has 8 rings (SSSR count). The summed E-state index contributed by atoms with van der Waals surface area (Å²) in [5.41, 5.74) is 11.2. The number of rotatable bonds is 7. The predicted octanol–water partition coefficient (Wildman–Crippen LogP) is 14.6. The first-order valence-corrected chi connectivity index (χ1v) is 24.0. The molecule has 0 aliphatic carbocycles. The number of para-hydroxylation sites is 3. The van der Waals surface area contributed by atoms with Crippen LogP contribution in [-0.2, 0) is 26.5 Å². The summed E-state index contributed by atoms with van der Waals surface area (Å²) in [5, 5.41) is 9.34. The van der Waals surface area contributed by atoms with Gasteiger partial charge in [-0.25, -0.2) is 11.3 Å². The Balaban J connectivity index is 0.000000209. The maximum atomic E-state index is 5.25. The second kappa shape index (κ2) is 16.8. The van der Waals surface area contributed by atoms with Gasteiger partial charge in [0, 0.05) is 22.3 Å². The molecule has 56 heavy (non-hydrogen) atoms. The first-order valence-electron chi connectivity index (χ1n) is 19.7. The maximum Gasteiger partial charge on any atom is 3.00 e. The monoisotopic (exact) mass is 949 g/mol. The summed E-state index contributed by atoms with van der Waals surface area (Å²) in [5.74, 6) is 0.823. The average molecular weight is 949 g/mol. The molecule has 3 heterocycles. The summed E-state index contributed by atoms with van der Waals surface area (Å²) < 4.78 is 2.59. The van der Waals surface area contributed by atoms with E-state index in [1.165, 1.54) is 53.4 Å². The molecule has 1 atom stereocenters. The van der Waals surface area contributed by atoms with Gasteiger partial charge in [0.05, 0.1) is 8.07 Å². The van der Waals surface area contributed by atoms with E-state index in [4.69, 9.17) is 10.3 Å². The summed E-state index contributed by atoms with van der Waals surface area (Å²) in [7, 11) is -1.37. The zero-order valence-electron chi connectivity index (χ0n) is 34.5. The van der Waals surface area contributed by atoms with Gasteiger partial charge in [0.15, 0.2) is 0 Å². The van der Waals surface area contributed by atoms with Crippen LogP contribution in [-0.4, -0.2) is 13.1 Å². The molecule has 0 N–H and O–H groups in total. The molecule has 0 amide bonds. The number of aromatic nitrogens is 1. The molecule has 1 aliphatic heterocycles. The van der Waals surface area contributed by atoms with E-state index in [1.807, 2.05) is 29.5 Å². The molecule has 3 nitrogen and oxygen atoms in total. The molecule has 0 saturated carbocycles. The van der Waals surface area contributed by atoms with Crippen molar-refractivity contribution in [2.24, 2.45) is 5.41 Å². The van der Waals surface area contributed by atoms with Gasteiger partial charge in [0.25, 0.3) is 0 Å². The predicted molar refractivity (Wildman–Crippen MR) is 242 cm³/mol. The van der Waals surface area contributed by atoms with Crippen LogP contribution >= 0.6 is 11.3 Å². The molecule has 0 radical (unpaired) electrons. The smallest absolute Gasteiger partial charge is 0.661 e. The van der Waals surface area contributed by atoms with E-state index >= 15 is 0 Å². The third kappa shape index (κ3) is 8.75. The molecule has 1 unspecified atom stereocenters. The van der Waals surface area contributed by atoms with Crippen molar-refractivity contribution < 1.29 is 20.1 Å². The third-order valence-electron chi connectivity index (χ3n) is 10.3. The number of fused-ring (bicyclic) bond motifs is 4. The van der Waals surface area contributed by atoms with Crippen LogP contribution in [0, 0.1) is 17.5 Å². The Morgan fingerprint density at radius 2 is 1.46 bits per heavy atom. The van der Waals surface area contributed by atoms with Gasteiger partial charge in [-0.3, -0.25) is 0 Å². The Bertz CT molecular complexity index is 2410. The fourth-order valence-electron chi connectivity index (χ4n) is 7.77. The topological polar surface area (TPSA) is 30.2 Å². The standard InChI is InChI=1S/C31H28N2S.C19H26NSi.Ir/c1-19(2)22-11-9-12-23(20(3)4)30(22)33-27-14-7-6-13-26(27)32-31(33)21-16-17-29-25(18-21)24-10-5-8-15-28(24)34-29;1-19(2,3)13-16-12-17(15-10-8-7-9-11-15)20-14-18(16)21(4,5)6;/h5-15,17-20,31H,1-4H3;7-10,12,14H,13H2,1-6H3;/q-2;-1;+3. The molecule has 5 aromatic carbocycles. The largest absolute Gasteiger partial charge is 3.00 e. The number of anilines is 2. The zero-order chi connectivity index (χ0) is 39.1. The summed E-state index contributed by atoms with van der Waals surface area (Å²) >= 11 is 1.83. The van der Waals surface area contributed by atoms with E-state index in [0.717, 1.165) is 28.9 Å². The summed E-state index contributed by atoms with van der Waals surface area (Å²) in [6.07, 6.45) is 3.07. The van der Waals surface area contributed by atoms with Gasteiger partial charge in [-0.1, -0.05) is 139 Å². The Hall–Kier alpha value is -4.06. The van der Waals surface area contributed by atoms with Crippen LogP contribution in [0.15, 0.2) is 115 Å². The first kappa shape index (κ1) is 41.6. The van der Waals surface area contributed by atoms with E-state index in [1.54, 1.807) is 0 Å². The fourth-order valence-corrected chi connectivity index (χ4v) is 10.4. The van der Waals surface area contributed by atoms with Crippen molar-refractivity contribution in [1.29, 1.82) is 0 Å². The van der Waals surface area contributed by atoms with Gasteiger partial charge in [0.1, 0.15) is 0 Å². The molecule has 6 heteroatoms. The summed E-state index contributed by atoms with van der Waals surface area (Å²) in [6.45, 7) is 23.2. The molecule has 288 valence electrons. The molecule has 1 aliphatic rings. The Morgan fingerprint density at radius 1 is 0.786 bits per heavy atom. The fraction of sp³-hybridized carbons (Fsp3) is 0.300. The minimum absolute atomic E-state index is 0. The second-order valence-electron chi connectivity index (χ2n) is 17.7. The van der Waals surface area contributed by atoms with Gasteiger partial charge in [0.2, 0.25) is 0 Å². The van der Waals surface area contributed by atoms with Crippen molar-refractivity contribution in [2.75, 3.05) is 4.90 Å². The Kier molecular flexibility index (Phi) is 12.5. The number of hydrogen-bond acceptors (Lipinski definition) is 3. The molecular formula is C50H54IrN3SSi. The Morgan fingerprint density at radius 3 is 2.12 bits per heavy atom. The van der Waals surface area contributed by atoms with Crippen LogP contribution in [0.25, 0.3) is 36.7 Å². The van der Waals surface area contributed by atoms with Crippen molar-refractivity contribution in [3.05, 3.63) is 155 Å². The van der Waals surface area contributed by atoms with Gasteiger partial charge in [-0.2, -0.15) is 23.8 Å². The van der Waals surface area contributed by atoms with Crippen LogP contribution < -0.4 is 10.1 Å². The maximum absolute atomic E-state index is 5.25. The van der Waals surface area contributed by atoms with Gasteiger partial charge in [-0.15, -0.1) is 47.0 Å². The SMILES string of the molecule is CC(C)(C)Cc1cc(-c2[c-]cccc2)ncc1[Si](C)(C)C.CC(C)c1cccc(C(C)C)c1N1c2ccccc2[N-]C1c1[c-]cc2sc3ccccc3c2c1.[Ir+3]. The second-order valence-corrected chi connectivity index (χ2v) is 23.8. The van der Waals surface area contributed by atoms with Crippen LogP contribution in [0.1, 0.15) is 88.7 Å². The normalized spacial score (nSPS) is 14.1. The van der Waals surface area contributed by atoms with Gasteiger partial charge in [-0.05, 0) is 69.4 Å². The molecule has 7 aromatic rings. The summed E-state index contributed by atoms with van der Waals surface area (Å²) in [6, 6.07) is 45.7. The van der Waals surface area contributed by atoms with Gasteiger partial charge < -0.3 is 15.2 Å². The first-order chi connectivity index (χ1) is 26.2. The third-order valence-corrected chi connectivity index (χ3v) is 13.5. The van der Waals surface area contributed by atoms with Crippen LogP contribution in [0.2, 0.25) is 19.6 Å². The minimum Gasteiger partial charge on any atom is -0.661 e. The van der Waals surface area contributed by atoms with Crippen molar-refractivity contribution in [1.82, 2.24) is 4.98 Å². The van der Waals surface area contributed by atoms with E-state index in [0.29, 0.717) is 11.8 Å². The molecule has 0 fully saturated rings. The van der Waals surface area contributed by atoms with E-state index < -0.39 is 8.07 Å². The van der Waals surface area contributed by atoms with Crippen LogP contribution in [0.5, 0.6) is 0 Å². The van der Waals surface area contributed by atoms with E-state index in [9.17, 15) is 0 Å². The number of pyridine rings is 1. The molecular weight excluding hydrogens is 895 g/mol. The van der Waals surface area contributed by atoms with Crippen molar-refractivity contribution >= 4 is 61.8 Å². The number of benzene rings is 5. The van der Waals surface area contributed by atoms with E-state index in [-0.39, 0.29) is 31.7 Å². The van der Waals surface area contributed by atoms with Crippen molar-refractivity contribution in [3.8, 4) is 11.3 Å². The number of hydrogen-bond donors (Lipinski definition) is 0. The van der Waals surface area contributed by atoms with Gasteiger partial charge >= 0.3 is 20.1 Å². The quantitative estimate of drug-likeness (QED) is 0.118. The Labute approximate surface area is 354 Å². The van der Waals surface area contributed by atoms with E-state index in [2.05, 4.69) is 182 Å². The molecule has 0 saturated heterocycles. The minimum atomic E-state index is -1.37. The van der Waals surface area contributed by atoms with Crippen molar-refractivity contribution in [2.45, 2.75) is 92.5 Å². The number of nitrogens with zero attached hydrogens (tertiary/aromatic N) is 3. The molecule has 0 bridgehead atoms. The van der Waals surface area contributed by atoms with Crippen molar-refractivity contribution in [3.63, 3.8) is 0 Å². The van der Waals surface area contributed by atoms with Crippen LogP contribution in [0.4, 0.5) is 17.1 Å². The van der Waals surface area contributed by atoms with Crippen LogP contribution in [0.3, 0.4) is 0 Å². The summed E-state index contributed by atoms with van der Waals surface area (Å²) in [4.78, 5) is 7.17. The molecule has 2 aromatic heterocycles. The zero-order valence-corrected chi connectivity index (χ0v) is 38.7. The molecule has 0 spiro atoms.